The number of nitrogens with zero attached hydrogens (tertiary/aromatic N) is 4. The Morgan fingerprint density at radius 1 is 1.43 bits per heavy atom. The second-order valence-corrected chi connectivity index (χ2v) is 6.01. The maximum atomic E-state index is 12.5. The second kappa shape index (κ2) is 7.99. The van der Waals surface area contributed by atoms with E-state index in [1.165, 1.54) is 0 Å². The monoisotopic (exact) mass is 321 g/mol. The highest BCUT2D eigenvalue weighted by Crippen LogP contribution is 2.16. The molecule has 0 saturated carbocycles. The smallest absolute Gasteiger partial charge is 0.318 e. The molecule has 23 heavy (non-hydrogen) atoms. The number of rotatable bonds is 6. The highest BCUT2D eigenvalue weighted by molar-refractivity contribution is 5.88. The Hall–Kier alpha value is -2.05. The van der Waals surface area contributed by atoms with Gasteiger partial charge in [0.25, 0.3) is 0 Å². The summed E-state index contributed by atoms with van der Waals surface area (Å²) in [5, 5.41) is 2.93. The van der Waals surface area contributed by atoms with E-state index in [9.17, 15) is 9.59 Å². The number of amides is 3. The molecule has 1 aliphatic rings. The van der Waals surface area contributed by atoms with Crippen LogP contribution in [0.2, 0.25) is 0 Å². The lowest BCUT2D eigenvalue weighted by Gasteiger charge is -2.39. The average molecular weight is 321 g/mol. The molecular weight excluding hydrogens is 294 g/mol. The van der Waals surface area contributed by atoms with Gasteiger partial charge in [0.05, 0.1) is 0 Å². The summed E-state index contributed by atoms with van der Waals surface area (Å²) in [5.74, 6) is 0.972. The largest absolute Gasteiger partial charge is 0.342 e. The number of carbonyl (C=O) groups excluding carboxylic acids is 2. The van der Waals surface area contributed by atoms with Crippen LogP contribution >= 0.6 is 0 Å². The van der Waals surface area contributed by atoms with E-state index < -0.39 is 0 Å². The van der Waals surface area contributed by atoms with Gasteiger partial charge in [-0.3, -0.25) is 4.79 Å². The van der Waals surface area contributed by atoms with Crippen molar-refractivity contribution >= 4 is 11.9 Å². The van der Waals surface area contributed by atoms with Gasteiger partial charge in [-0.1, -0.05) is 19.8 Å². The standard InChI is InChI=1S/C16H27N5O2/c1-4-5-6-14-15(22)19(3)11-12-21(14)16(23)18-8-10-20-9-7-17-13(20)2/h7,9,14H,4-6,8,10-12H2,1-3H3,(H,18,23)/t14-/m0/s1. The Labute approximate surface area is 137 Å². The maximum Gasteiger partial charge on any atom is 0.318 e. The molecule has 1 N–H and O–H groups in total. The van der Waals surface area contributed by atoms with E-state index in [1.807, 2.05) is 17.7 Å². The molecule has 1 atom stereocenters. The molecule has 0 unspecified atom stereocenters. The average Bonchev–Trinajstić information content (AvgIpc) is 2.94. The molecule has 1 saturated heterocycles. The van der Waals surface area contributed by atoms with Crippen molar-refractivity contribution < 1.29 is 9.59 Å². The number of aryl methyl sites for hydroxylation is 1. The first kappa shape index (κ1) is 17.3. The van der Waals surface area contributed by atoms with Crippen molar-refractivity contribution in [1.29, 1.82) is 0 Å². The Bertz CT molecular complexity index is 542. The second-order valence-electron chi connectivity index (χ2n) is 6.01. The number of piperazine rings is 1. The first-order chi connectivity index (χ1) is 11.0. The summed E-state index contributed by atoms with van der Waals surface area (Å²) in [7, 11) is 1.80. The van der Waals surface area contributed by atoms with Gasteiger partial charge in [-0.15, -0.1) is 0 Å². The molecule has 2 heterocycles. The lowest BCUT2D eigenvalue weighted by Crippen LogP contribution is -2.59. The van der Waals surface area contributed by atoms with Crippen LogP contribution in [0.25, 0.3) is 0 Å². The molecule has 128 valence electrons. The first-order valence-corrected chi connectivity index (χ1v) is 8.31. The van der Waals surface area contributed by atoms with E-state index in [1.54, 1.807) is 23.0 Å². The van der Waals surface area contributed by atoms with E-state index in [-0.39, 0.29) is 18.0 Å². The normalized spacial score (nSPS) is 18.4. The molecule has 0 aromatic carbocycles. The van der Waals surface area contributed by atoms with Crippen molar-refractivity contribution in [2.24, 2.45) is 0 Å². The first-order valence-electron chi connectivity index (χ1n) is 8.31. The van der Waals surface area contributed by atoms with E-state index >= 15 is 0 Å². The third kappa shape index (κ3) is 4.24. The molecule has 3 amide bonds. The SMILES string of the molecule is CCCC[C@H]1C(=O)N(C)CCN1C(=O)NCCn1ccnc1C. The van der Waals surface area contributed by atoms with Crippen LogP contribution in [0.15, 0.2) is 12.4 Å². The maximum absolute atomic E-state index is 12.5. The van der Waals surface area contributed by atoms with Crippen LogP contribution in [0.1, 0.15) is 32.0 Å². The Kier molecular flexibility index (Phi) is 6.01. The van der Waals surface area contributed by atoms with Crippen molar-refractivity contribution in [3.63, 3.8) is 0 Å². The summed E-state index contributed by atoms with van der Waals surface area (Å²) >= 11 is 0. The van der Waals surface area contributed by atoms with E-state index in [0.29, 0.717) is 26.2 Å². The quantitative estimate of drug-likeness (QED) is 0.857. The number of aromatic nitrogens is 2. The number of urea groups is 1. The molecular formula is C16H27N5O2. The molecule has 7 heteroatoms. The third-order valence-electron chi connectivity index (χ3n) is 4.36. The molecule has 1 aromatic rings. The molecule has 0 spiro atoms. The van der Waals surface area contributed by atoms with Crippen molar-refractivity contribution in [3.8, 4) is 0 Å². The highest BCUT2D eigenvalue weighted by atomic mass is 16.2. The van der Waals surface area contributed by atoms with Gasteiger partial charge in [-0.05, 0) is 13.3 Å². The summed E-state index contributed by atoms with van der Waals surface area (Å²) in [6, 6.07) is -0.478. The van der Waals surface area contributed by atoms with E-state index in [0.717, 1.165) is 25.1 Å². The number of hydrogen-bond acceptors (Lipinski definition) is 3. The Morgan fingerprint density at radius 3 is 2.87 bits per heavy atom. The summed E-state index contributed by atoms with van der Waals surface area (Å²) in [4.78, 5) is 32.4. The lowest BCUT2D eigenvalue weighted by molar-refractivity contribution is -0.138. The molecule has 1 fully saturated rings. The number of nitrogens with one attached hydrogen (secondary N) is 1. The fraction of sp³-hybridized carbons (Fsp3) is 0.688. The van der Waals surface area contributed by atoms with Gasteiger partial charge in [0.2, 0.25) is 5.91 Å². The van der Waals surface area contributed by atoms with Crippen molar-refractivity contribution in [3.05, 3.63) is 18.2 Å². The molecule has 2 rings (SSSR count). The topological polar surface area (TPSA) is 70.5 Å². The van der Waals surface area contributed by atoms with Crippen LogP contribution < -0.4 is 5.32 Å². The molecule has 0 aliphatic carbocycles. The van der Waals surface area contributed by atoms with Crippen molar-refractivity contribution in [2.75, 3.05) is 26.7 Å². The zero-order valence-corrected chi connectivity index (χ0v) is 14.3. The zero-order valence-electron chi connectivity index (χ0n) is 14.3. The summed E-state index contributed by atoms with van der Waals surface area (Å²) in [5.41, 5.74) is 0. The third-order valence-corrected chi connectivity index (χ3v) is 4.36. The number of imidazole rings is 1. The lowest BCUT2D eigenvalue weighted by atomic mass is 10.0. The van der Waals surface area contributed by atoms with Gasteiger partial charge >= 0.3 is 6.03 Å². The van der Waals surface area contributed by atoms with E-state index in [4.69, 9.17) is 0 Å². The van der Waals surface area contributed by atoms with Crippen LogP contribution in [0.4, 0.5) is 4.79 Å². The Balaban J connectivity index is 1.90. The minimum Gasteiger partial charge on any atom is -0.342 e. The predicted molar refractivity (Wildman–Crippen MR) is 88.0 cm³/mol. The van der Waals surface area contributed by atoms with Crippen LogP contribution in [-0.2, 0) is 11.3 Å². The number of carbonyl (C=O) groups is 2. The fourth-order valence-electron chi connectivity index (χ4n) is 2.86. The molecule has 1 aliphatic heterocycles. The van der Waals surface area contributed by atoms with Gasteiger partial charge in [0.15, 0.2) is 0 Å². The van der Waals surface area contributed by atoms with Crippen molar-refractivity contribution in [1.82, 2.24) is 24.7 Å². The number of hydrogen-bond donors (Lipinski definition) is 1. The molecule has 0 bridgehead atoms. The molecule has 7 nitrogen and oxygen atoms in total. The number of unbranched alkanes of at least 4 members (excludes halogenated alkanes) is 1. The Morgan fingerprint density at radius 2 is 2.22 bits per heavy atom. The van der Waals surface area contributed by atoms with Gasteiger partial charge in [0, 0.05) is 45.6 Å². The van der Waals surface area contributed by atoms with Crippen LogP contribution in [0, 0.1) is 6.92 Å². The minimum absolute atomic E-state index is 0.0466. The fourth-order valence-corrected chi connectivity index (χ4v) is 2.86. The van der Waals surface area contributed by atoms with Gasteiger partial charge in [-0.2, -0.15) is 0 Å². The van der Waals surface area contributed by atoms with Gasteiger partial charge in [-0.25, -0.2) is 9.78 Å². The minimum atomic E-state index is -0.330. The highest BCUT2D eigenvalue weighted by Gasteiger charge is 2.35. The summed E-state index contributed by atoms with van der Waals surface area (Å²) < 4.78 is 1.99. The zero-order chi connectivity index (χ0) is 16.8. The van der Waals surface area contributed by atoms with Crippen molar-refractivity contribution in [2.45, 2.75) is 45.7 Å². The van der Waals surface area contributed by atoms with E-state index in [2.05, 4.69) is 17.2 Å². The summed E-state index contributed by atoms with van der Waals surface area (Å²) in [6.45, 7) is 6.41. The predicted octanol–water partition coefficient (Wildman–Crippen LogP) is 1.23. The number of likely N-dealkylation sites (N-methyl/N-ethyl adjacent to an activating group) is 1. The summed E-state index contributed by atoms with van der Waals surface area (Å²) in [6.07, 6.45) is 6.33. The van der Waals surface area contributed by atoms with Crippen LogP contribution in [0.5, 0.6) is 0 Å². The van der Waals surface area contributed by atoms with Crippen LogP contribution in [-0.4, -0.2) is 64.0 Å². The molecule has 0 radical (unpaired) electrons. The van der Waals surface area contributed by atoms with Crippen LogP contribution in [0.3, 0.4) is 0 Å². The van der Waals surface area contributed by atoms with Gasteiger partial charge < -0.3 is 19.7 Å². The van der Waals surface area contributed by atoms with Gasteiger partial charge in [0.1, 0.15) is 11.9 Å². The molecule has 1 aromatic heterocycles.